The monoisotopic (exact) mass is 344 g/mol. The molecule has 8 nitrogen and oxygen atoms in total. The molecule has 0 saturated carbocycles. The lowest BCUT2D eigenvalue weighted by Crippen LogP contribution is -2.25. The maximum atomic E-state index is 11.8. The molecule has 11 heteroatoms. The van der Waals surface area contributed by atoms with Crippen LogP contribution >= 0.6 is 22.9 Å². The van der Waals surface area contributed by atoms with E-state index in [0.717, 1.165) is 6.07 Å². The molecule has 0 aliphatic carbocycles. The van der Waals surface area contributed by atoms with E-state index >= 15 is 0 Å². The van der Waals surface area contributed by atoms with Crippen molar-refractivity contribution >= 4 is 38.6 Å². The molecule has 0 unspecified atom stereocenters. The summed E-state index contributed by atoms with van der Waals surface area (Å²) in [6.07, 6.45) is 0.417. The first-order valence-corrected chi connectivity index (χ1v) is 8.18. The van der Waals surface area contributed by atoms with Gasteiger partial charge in [-0.25, -0.2) is 13.1 Å². The van der Waals surface area contributed by atoms with Crippen molar-refractivity contribution in [1.82, 2.24) is 4.72 Å². The van der Waals surface area contributed by atoms with Gasteiger partial charge in [-0.2, -0.15) is 0 Å². The molecular weight excluding hydrogens is 332 g/mol. The van der Waals surface area contributed by atoms with Gasteiger partial charge in [0.15, 0.2) is 4.34 Å². The van der Waals surface area contributed by atoms with Gasteiger partial charge in [0.25, 0.3) is 5.69 Å². The number of ether oxygens (including phenoxy) is 1. The van der Waals surface area contributed by atoms with Crippen LogP contribution in [0.3, 0.4) is 0 Å². The molecule has 1 aromatic rings. The minimum Gasteiger partial charge on any atom is -0.394 e. The maximum Gasteiger partial charge on any atom is 0.300 e. The van der Waals surface area contributed by atoms with Crippen LogP contribution in [0.1, 0.15) is 6.42 Å². The van der Waals surface area contributed by atoms with Crippen LogP contribution in [0, 0.1) is 10.1 Å². The van der Waals surface area contributed by atoms with Crippen LogP contribution < -0.4 is 4.72 Å². The number of halogens is 1. The summed E-state index contributed by atoms with van der Waals surface area (Å²) in [5.41, 5.74) is -0.427. The van der Waals surface area contributed by atoms with Crippen LogP contribution in [-0.2, 0) is 14.8 Å². The maximum absolute atomic E-state index is 11.8. The lowest BCUT2D eigenvalue weighted by atomic mass is 10.5. The highest BCUT2D eigenvalue weighted by atomic mass is 35.5. The smallest absolute Gasteiger partial charge is 0.300 e. The van der Waals surface area contributed by atoms with Crippen molar-refractivity contribution in [3.8, 4) is 0 Å². The molecule has 0 saturated heterocycles. The minimum absolute atomic E-state index is 0.0942. The summed E-state index contributed by atoms with van der Waals surface area (Å²) in [7, 11) is -3.81. The standard InChI is InChI=1S/C9H13ClN2O6S2/c10-9-7(12(14)15)6-8(19-9)20(16,17)11-2-1-4-18-5-3-13/h6,11,13H,1-5H2. The Bertz CT molecular complexity index is 559. The molecule has 0 aliphatic heterocycles. The molecule has 1 heterocycles. The van der Waals surface area contributed by atoms with Gasteiger partial charge in [0, 0.05) is 19.2 Å². The van der Waals surface area contributed by atoms with Crippen LogP contribution in [0.4, 0.5) is 5.69 Å². The van der Waals surface area contributed by atoms with Crippen LogP contribution in [0.5, 0.6) is 0 Å². The van der Waals surface area contributed by atoms with E-state index in [1.807, 2.05) is 0 Å². The average molecular weight is 345 g/mol. The normalized spacial score (nSPS) is 11.7. The second-order valence-corrected chi connectivity index (χ2v) is 7.22. The molecule has 0 aliphatic rings. The van der Waals surface area contributed by atoms with E-state index in [4.69, 9.17) is 21.4 Å². The molecule has 0 atom stereocenters. The van der Waals surface area contributed by atoms with E-state index in [0.29, 0.717) is 24.4 Å². The van der Waals surface area contributed by atoms with Gasteiger partial charge in [-0.3, -0.25) is 10.1 Å². The minimum atomic E-state index is -3.81. The van der Waals surface area contributed by atoms with Gasteiger partial charge >= 0.3 is 0 Å². The van der Waals surface area contributed by atoms with Crippen LogP contribution in [0.15, 0.2) is 10.3 Å². The topological polar surface area (TPSA) is 119 Å². The van der Waals surface area contributed by atoms with Crippen LogP contribution in [-0.4, -0.2) is 44.8 Å². The average Bonchev–Trinajstić information content (AvgIpc) is 2.76. The molecule has 1 aromatic heterocycles. The number of aliphatic hydroxyl groups is 1. The Morgan fingerprint density at radius 1 is 1.50 bits per heavy atom. The summed E-state index contributed by atoms with van der Waals surface area (Å²) >= 11 is 6.24. The van der Waals surface area contributed by atoms with Crippen molar-refractivity contribution in [2.24, 2.45) is 0 Å². The number of rotatable bonds is 9. The van der Waals surface area contributed by atoms with E-state index in [2.05, 4.69) is 4.72 Å². The van der Waals surface area contributed by atoms with E-state index in [9.17, 15) is 18.5 Å². The molecule has 114 valence electrons. The number of hydrogen-bond donors (Lipinski definition) is 2. The Labute approximate surface area is 124 Å². The first-order valence-electron chi connectivity index (χ1n) is 5.50. The Kier molecular flexibility index (Phi) is 6.79. The fraction of sp³-hybridized carbons (Fsp3) is 0.556. The summed E-state index contributed by atoms with van der Waals surface area (Å²) in [6.45, 7) is 0.522. The van der Waals surface area contributed by atoms with E-state index < -0.39 is 20.6 Å². The molecular formula is C9H13ClN2O6S2. The zero-order chi connectivity index (χ0) is 15.2. The number of aliphatic hydroxyl groups excluding tert-OH is 1. The molecule has 1 rings (SSSR count). The molecule has 20 heavy (non-hydrogen) atoms. The van der Waals surface area contributed by atoms with E-state index in [1.54, 1.807) is 0 Å². The second kappa shape index (κ2) is 7.86. The number of thiophene rings is 1. The molecule has 0 aromatic carbocycles. The molecule has 0 spiro atoms. The van der Waals surface area contributed by atoms with Gasteiger partial charge in [0.2, 0.25) is 10.0 Å². The largest absolute Gasteiger partial charge is 0.394 e. The first-order chi connectivity index (χ1) is 9.38. The van der Waals surface area contributed by atoms with Gasteiger partial charge in [-0.05, 0) is 6.42 Å². The van der Waals surface area contributed by atoms with Crippen molar-refractivity contribution in [2.75, 3.05) is 26.4 Å². The van der Waals surface area contributed by atoms with Gasteiger partial charge in [0.05, 0.1) is 18.1 Å². The van der Waals surface area contributed by atoms with Crippen molar-refractivity contribution in [1.29, 1.82) is 0 Å². The predicted molar refractivity (Wildman–Crippen MR) is 73.7 cm³/mol. The first kappa shape index (κ1) is 17.3. The highest BCUT2D eigenvalue weighted by Gasteiger charge is 2.24. The van der Waals surface area contributed by atoms with Crippen molar-refractivity contribution in [3.63, 3.8) is 0 Å². The third-order valence-electron chi connectivity index (χ3n) is 2.10. The zero-order valence-corrected chi connectivity index (χ0v) is 12.6. The second-order valence-electron chi connectivity index (χ2n) is 3.57. The van der Waals surface area contributed by atoms with Crippen LogP contribution in [0.25, 0.3) is 0 Å². The van der Waals surface area contributed by atoms with Crippen LogP contribution in [0.2, 0.25) is 4.34 Å². The molecule has 0 bridgehead atoms. The summed E-state index contributed by atoms with van der Waals surface area (Å²) in [5.74, 6) is 0. The third-order valence-corrected chi connectivity index (χ3v) is 5.37. The van der Waals surface area contributed by atoms with Crippen molar-refractivity contribution < 1.29 is 23.2 Å². The Morgan fingerprint density at radius 2 is 2.20 bits per heavy atom. The number of nitrogens with one attached hydrogen (secondary N) is 1. The lowest BCUT2D eigenvalue weighted by molar-refractivity contribution is -0.384. The lowest BCUT2D eigenvalue weighted by Gasteiger charge is -2.04. The van der Waals surface area contributed by atoms with E-state index in [1.165, 1.54) is 0 Å². The number of hydrogen-bond acceptors (Lipinski definition) is 7. The molecule has 0 fully saturated rings. The Hall–Kier alpha value is -0.780. The number of nitrogens with zero attached hydrogens (tertiary/aromatic N) is 1. The highest BCUT2D eigenvalue weighted by Crippen LogP contribution is 2.35. The number of sulfonamides is 1. The van der Waals surface area contributed by atoms with E-state index in [-0.39, 0.29) is 28.3 Å². The van der Waals surface area contributed by atoms with Gasteiger partial charge in [-0.15, -0.1) is 11.3 Å². The predicted octanol–water partition coefficient (Wildman–Crippen LogP) is 0.987. The fourth-order valence-corrected chi connectivity index (χ4v) is 4.00. The summed E-state index contributed by atoms with van der Waals surface area (Å²) in [5, 5.41) is 19.1. The molecule has 2 N–H and O–H groups in total. The highest BCUT2D eigenvalue weighted by molar-refractivity contribution is 7.91. The molecule has 0 radical (unpaired) electrons. The van der Waals surface area contributed by atoms with Crippen molar-refractivity contribution in [3.05, 3.63) is 20.5 Å². The third kappa shape index (κ3) is 4.96. The summed E-state index contributed by atoms with van der Waals surface area (Å²) in [6, 6.07) is 0.928. The number of nitro groups is 1. The van der Waals surface area contributed by atoms with Gasteiger partial charge < -0.3 is 9.84 Å². The fourth-order valence-electron chi connectivity index (χ4n) is 1.21. The summed E-state index contributed by atoms with van der Waals surface area (Å²) < 4.78 is 30.6. The molecule has 0 amide bonds. The SMILES string of the molecule is O=[N+]([O-])c1cc(S(=O)(=O)NCCCOCCO)sc1Cl. The summed E-state index contributed by atoms with van der Waals surface area (Å²) in [4.78, 5) is 9.86. The van der Waals surface area contributed by atoms with Crippen molar-refractivity contribution in [2.45, 2.75) is 10.6 Å². The quantitative estimate of drug-likeness (QED) is 0.391. The van der Waals surface area contributed by atoms with Gasteiger partial charge in [0.1, 0.15) is 4.21 Å². The zero-order valence-electron chi connectivity index (χ0n) is 10.2. The Morgan fingerprint density at radius 3 is 2.75 bits per heavy atom. The van der Waals surface area contributed by atoms with Gasteiger partial charge in [-0.1, -0.05) is 11.6 Å². The Balaban J connectivity index is 2.56.